The highest BCUT2D eigenvalue weighted by Gasteiger charge is 2.30. The molecule has 0 saturated carbocycles. The summed E-state index contributed by atoms with van der Waals surface area (Å²) in [6, 6.07) is 13.5. The van der Waals surface area contributed by atoms with Gasteiger partial charge in [0, 0.05) is 41.2 Å². The average molecular weight is 346 g/mol. The number of carbonyl (C=O) groups excluding carboxylic acids is 1. The molecule has 2 aromatic rings. The molecule has 1 amide bonds. The van der Waals surface area contributed by atoms with E-state index in [0.29, 0.717) is 0 Å². The van der Waals surface area contributed by atoms with Crippen LogP contribution in [0.15, 0.2) is 46.9 Å². The lowest BCUT2D eigenvalue weighted by molar-refractivity contribution is -0.116. The predicted molar refractivity (Wildman–Crippen MR) is 89.9 cm³/mol. The maximum atomic E-state index is 12.1. The molecule has 2 N–H and O–H groups in total. The Hall–Kier alpha value is -2.01. The molecule has 0 spiro atoms. The lowest BCUT2D eigenvalue weighted by Crippen LogP contribution is -2.19. The van der Waals surface area contributed by atoms with Crippen LogP contribution in [-0.2, 0) is 4.79 Å². The van der Waals surface area contributed by atoms with Crippen LogP contribution in [0.5, 0.6) is 0 Å². The Morgan fingerprint density at radius 1 is 1.14 bits per heavy atom. The first kappa shape index (κ1) is 13.9. The number of carbonyl (C=O) groups is 1. The van der Waals surface area contributed by atoms with Crippen LogP contribution in [0.3, 0.4) is 0 Å². The topological polar surface area (TPSA) is 44.4 Å². The summed E-state index contributed by atoms with van der Waals surface area (Å²) in [7, 11) is 4.00. The van der Waals surface area contributed by atoms with Crippen molar-refractivity contribution >= 4 is 38.9 Å². The molecule has 0 saturated heterocycles. The number of anilines is 3. The molecule has 0 bridgehead atoms. The molecule has 1 unspecified atom stereocenters. The number of rotatable bonds is 3. The van der Waals surface area contributed by atoms with Crippen molar-refractivity contribution in [1.29, 1.82) is 0 Å². The zero-order valence-corrected chi connectivity index (χ0v) is 13.4. The van der Waals surface area contributed by atoms with Crippen molar-refractivity contribution in [2.45, 2.75) is 6.04 Å². The van der Waals surface area contributed by atoms with Gasteiger partial charge in [-0.3, -0.25) is 4.79 Å². The number of halogens is 1. The van der Waals surface area contributed by atoms with E-state index in [9.17, 15) is 4.79 Å². The minimum Gasteiger partial charge on any atom is -0.378 e. The summed E-state index contributed by atoms with van der Waals surface area (Å²) >= 11 is 3.42. The van der Waals surface area contributed by atoms with Gasteiger partial charge in [0.15, 0.2) is 0 Å². The first-order valence-corrected chi connectivity index (χ1v) is 7.48. The monoisotopic (exact) mass is 345 g/mol. The minimum atomic E-state index is -0.349. The van der Waals surface area contributed by atoms with Gasteiger partial charge in [-0.15, -0.1) is 0 Å². The van der Waals surface area contributed by atoms with Crippen LogP contribution in [0, 0.1) is 0 Å². The molecule has 5 heteroatoms. The van der Waals surface area contributed by atoms with Gasteiger partial charge in [0.2, 0.25) is 0 Å². The molecule has 1 aliphatic rings. The number of hydrogen-bond donors (Lipinski definition) is 2. The number of hydrogen-bond acceptors (Lipinski definition) is 3. The van der Waals surface area contributed by atoms with Gasteiger partial charge in [-0.25, -0.2) is 0 Å². The maximum absolute atomic E-state index is 12.1. The Balaban J connectivity index is 1.84. The van der Waals surface area contributed by atoms with Gasteiger partial charge in [-0.1, -0.05) is 22.0 Å². The van der Waals surface area contributed by atoms with Gasteiger partial charge in [-0.05, 0) is 36.4 Å². The van der Waals surface area contributed by atoms with Gasteiger partial charge >= 0.3 is 0 Å². The van der Waals surface area contributed by atoms with E-state index < -0.39 is 0 Å². The number of benzene rings is 2. The van der Waals surface area contributed by atoms with Crippen molar-refractivity contribution < 1.29 is 4.79 Å². The van der Waals surface area contributed by atoms with Gasteiger partial charge in [0.1, 0.15) is 6.04 Å². The smallest absolute Gasteiger partial charge is 0.251 e. The molecule has 3 rings (SSSR count). The third-order valence-corrected chi connectivity index (χ3v) is 4.03. The van der Waals surface area contributed by atoms with Crippen molar-refractivity contribution in [1.82, 2.24) is 0 Å². The van der Waals surface area contributed by atoms with Crippen LogP contribution < -0.4 is 15.5 Å². The highest BCUT2D eigenvalue weighted by atomic mass is 79.9. The lowest BCUT2D eigenvalue weighted by Gasteiger charge is -2.16. The Labute approximate surface area is 132 Å². The molecular weight excluding hydrogens is 330 g/mol. The molecule has 108 valence electrons. The summed E-state index contributed by atoms with van der Waals surface area (Å²) in [4.78, 5) is 14.2. The third kappa shape index (κ3) is 2.74. The van der Waals surface area contributed by atoms with Crippen molar-refractivity contribution in [2.24, 2.45) is 0 Å². The fourth-order valence-electron chi connectivity index (χ4n) is 2.40. The predicted octanol–water partition coefficient (Wildman–Crippen LogP) is 3.62. The SMILES string of the molecule is CN(C)c1ccc(NC2C(=O)Nc3cc(Br)ccc32)cc1. The molecule has 4 nitrogen and oxygen atoms in total. The van der Waals surface area contributed by atoms with Gasteiger partial charge in [-0.2, -0.15) is 0 Å². The van der Waals surface area contributed by atoms with E-state index in [2.05, 4.69) is 26.6 Å². The van der Waals surface area contributed by atoms with E-state index in [4.69, 9.17) is 0 Å². The summed E-state index contributed by atoms with van der Waals surface area (Å²) in [5, 5.41) is 6.19. The molecule has 0 fully saturated rings. The summed E-state index contributed by atoms with van der Waals surface area (Å²) in [6.07, 6.45) is 0. The van der Waals surface area contributed by atoms with Crippen LogP contribution in [0.2, 0.25) is 0 Å². The number of amides is 1. The standard InChI is InChI=1S/C16H16BrN3O/c1-20(2)12-6-4-11(5-7-12)18-15-13-8-3-10(17)9-14(13)19-16(15)21/h3-9,15,18H,1-2H3,(H,19,21). The minimum absolute atomic E-state index is 0.0280. The molecular formula is C16H16BrN3O. The lowest BCUT2D eigenvalue weighted by atomic mass is 10.1. The van der Waals surface area contributed by atoms with E-state index in [1.165, 1.54) is 0 Å². The highest BCUT2D eigenvalue weighted by Crippen LogP contribution is 2.35. The number of nitrogens with zero attached hydrogens (tertiary/aromatic N) is 1. The third-order valence-electron chi connectivity index (χ3n) is 3.54. The van der Waals surface area contributed by atoms with Crippen LogP contribution in [0.1, 0.15) is 11.6 Å². The van der Waals surface area contributed by atoms with E-state index in [1.807, 2.05) is 61.5 Å². The van der Waals surface area contributed by atoms with Crippen molar-refractivity contribution in [3.8, 4) is 0 Å². The molecule has 1 aliphatic heterocycles. The van der Waals surface area contributed by atoms with Gasteiger partial charge < -0.3 is 15.5 Å². The van der Waals surface area contributed by atoms with Crippen LogP contribution in [-0.4, -0.2) is 20.0 Å². The van der Waals surface area contributed by atoms with E-state index in [1.54, 1.807) is 0 Å². The Bertz CT molecular complexity index is 682. The molecule has 1 atom stereocenters. The molecule has 0 aromatic heterocycles. The number of nitrogens with one attached hydrogen (secondary N) is 2. The maximum Gasteiger partial charge on any atom is 0.251 e. The Kier molecular flexibility index (Phi) is 3.59. The zero-order chi connectivity index (χ0) is 15.0. The first-order chi connectivity index (χ1) is 10.0. The average Bonchev–Trinajstić information content (AvgIpc) is 2.75. The molecule has 0 radical (unpaired) electrons. The molecule has 2 aromatic carbocycles. The summed E-state index contributed by atoms with van der Waals surface area (Å²) in [6.45, 7) is 0. The summed E-state index contributed by atoms with van der Waals surface area (Å²) in [5.74, 6) is -0.0280. The van der Waals surface area contributed by atoms with E-state index in [0.717, 1.165) is 27.1 Å². The molecule has 1 heterocycles. The summed E-state index contributed by atoms with van der Waals surface area (Å²) in [5.41, 5.74) is 3.88. The van der Waals surface area contributed by atoms with Crippen LogP contribution >= 0.6 is 15.9 Å². The second kappa shape index (κ2) is 5.41. The van der Waals surface area contributed by atoms with E-state index >= 15 is 0 Å². The van der Waals surface area contributed by atoms with Crippen molar-refractivity contribution in [3.63, 3.8) is 0 Å². The Morgan fingerprint density at radius 2 is 1.86 bits per heavy atom. The van der Waals surface area contributed by atoms with Gasteiger partial charge in [0.05, 0.1) is 0 Å². The van der Waals surface area contributed by atoms with Crippen LogP contribution in [0.4, 0.5) is 17.1 Å². The Morgan fingerprint density at radius 3 is 2.52 bits per heavy atom. The fraction of sp³-hybridized carbons (Fsp3) is 0.188. The van der Waals surface area contributed by atoms with E-state index in [-0.39, 0.29) is 11.9 Å². The number of fused-ring (bicyclic) bond motifs is 1. The van der Waals surface area contributed by atoms with Crippen molar-refractivity contribution in [2.75, 3.05) is 29.6 Å². The summed E-state index contributed by atoms with van der Waals surface area (Å²) < 4.78 is 0.956. The fourth-order valence-corrected chi connectivity index (χ4v) is 2.76. The second-order valence-electron chi connectivity index (χ2n) is 5.24. The quantitative estimate of drug-likeness (QED) is 0.892. The van der Waals surface area contributed by atoms with Crippen molar-refractivity contribution in [3.05, 3.63) is 52.5 Å². The molecule has 0 aliphatic carbocycles. The normalized spacial score (nSPS) is 16.3. The molecule has 21 heavy (non-hydrogen) atoms. The van der Waals surface area contributed by atoms with Crippen LogP contribution in [0.25, 0.3) is 0 Å². The largest absolute Gasteiger partial charge is 0.378 e. The second-order valence-corrected chi connectivity index (χ2v) is 6.16. The highest BCUT2D eigenvalue weighted by molar-refractivity contribution is 9.10. The zero-order valence-electron chi connectivity index (χ0n) is 11.9. The van der Waals surface area contributed by atoms with Gasteiger partial charge in [0.25, 0.3) is 5.91 Å². The first-order valence-electron chi connectivity index (χ1n) is 6.69.